The zero-order valence-electron chi connectivity index (χ0n) is 11.1. The van der Waals surface area contributed by atoms with Crippen molar-refractivity contribution in [3.63, 3.8) is 0 Å². The summed E-state index contributed by atoms with van der Waals surface area (Å²) in [5.41, 5.74) is 0.973. The predicted octanol–water partition coefficient (Wildman–Crippen LogP) is 1.81. The summed E-state index contributed by atoms with van der Waals surface area (Å²) in [5, 5.41) is 8.56. The van der Waals surface area contributed by atoms with E-state index in [1.54, 1.807) is 17.3 Å². The molecule has 0 aliphatic carbocycles. The molecule has 0 aliphatic rings. The lowest BCUT2D eigenvalue weighted by Gasteiger charge is -2.28. The van der Waals surface area contributed by atoms with Crippen LogP contribution in [0.5, 0.6) is 0 Å². The van der Waals surface area contributed by atoms with E-state index in [1.165, 1.54) is 0 Å². The van der Waals surface area contributed by atoms with Crippen LogP contribution < -0.4 is 0 Å². The monoisotopic (exact) mass is 282 g/mol. The van der Waals surface area contributed by atoms with Gasteiger partial charge in [-0.1, -0.05) is 6.07 Å². The summed E-state index contributed by atoms with van der Waals surface area (Å²) in [6.07, 6.45) is 3.43. The first-order valence-electron chi connectivity index (χ1n) is 6.05. The van der Waals surface area contributed by atoms with Crippen molar-refractivity contribution in [3.8, 4) is 0 Å². The Kier molecular flexibility index (Phi) is 6.35. The average molecular weight is 282 g/mol. The number of pyridine rings is 1. The zero-order chi connectivity index (χ0) is 14.3. The van der Waals surface area contributed by atoms with E-state index in [2.05, 4.69) is 4.98 Å². The Balaban J connectivity index is 2.61. The smallest absolute Gasteiger partial charge is 0.313 e. The first-order valence-corrected chi connectivity index (χ1v) is 7.20. The van der Waals surface area contributed by atoms with Crippen LogP contribution in [0.4, 0.5) is 0 Å². The third kappa shape index (κ3) is 4.90. The molecular weight excluding hydrogens is 264 g/mol. The van der Waals surface area contributed by atoms with Crippen LogP contribution in [0.1, 0.15) is 25.5 Å². The van der Waals surface area contributed by atoms with E-state index in [0.717, 1.165) is 17.3 Å². The lowest BCUT2D eigenvalue weighted by atomic mass is 10.1. The number of hydrogen-bond donors (Lipinski definition) is 1. The van der Waals surface area contributed by atoms with Crippen LogP contribution in [0.15, 0.2) is 24.5 Å². The molecule has 0 aromatic carbocycles. The number of amides is 1. The topological polar surface area (TPSA) is 70.5 Å². The Morgan fingerprint density at radius 3 is 2.74 bits per heavy atom. The highest BCUT2D eigenvalue weighted by Gasteiger charge is 2.20. The second kappa shape index (κ2) is 7.78. The number of carbonyl (C=O) groups excluding carboxylic acids is 1. The minimum absolute atomic E-state index is 0.0508. The molecule has 1 rings (SSSR count). The van der Waals surface area contributed by atoms with E-state index in [1.807, 2.05) is 26.0 Å². The standard InChI is InChI=1S/C13H18N2O3S/c1-3-15(12(16)8-19-9-13(17)18)10(2)11-5-4-6-14-7-11/h4-7,10H,3,8-9H2,1-2H3,(H,17,18). The second-order valence-corrected chi connectivity index (χ2v) is 5.01. The van der Waals surface area contributed by atoms with Gasteiger partial charge in [-0.25, -0.2) is 0 Å². The quantitative estimate of drug-likeness (QED) is 0.826. The van der Waals surface area contributed by atoms with Gasteiger partial charge >= 0.3 is 5.97 Å². The summed E-state index contributed by atoms with van der Waals surface area (Å²) in [6.45, 7) is 4.44. The maximum absolute atomic E-state index is 12.1. The fourth-order valence-corrected chi connectivity index (χ4v) is 2.39. The lowest BCUT2D eigenvalue weighted by Crippen LogP contribution is -2.35. The number of aromatic nitrogens is 1. The van der Waals surface area contributed by atoms with E-state index in [-0.39, 0.29) is 23.5 Å². The van der Waals surface area contributed by atoms with Crippen LogP contribution in [0.3, 0.4) is 0 Å². The van der Waals surface area contributed by atoms with Gasteiger partial charge in [-0.15, -0.1) is 11.8 Å². The van der Waals surface area contributed by atoms with Gasteiger partial charge in [0.15, 0.2) is 0 Å². The van der Waals surface area contributed by atoms with Crippen molar-refractivity contribution >= 4 is 23.6 Å². The Labute approximate surface area is 117 Å². The van der Waals surface area contributed by atoms with Gasteiger partial charge in [0, 0.05) is 18.9 Å². The highest BCUT2D eigenvalue weighted by atomic mass is 32.2. The number of aliphatic carboxylic acids is 1. The molecule has 104 valence electrons. The molecule has 1 atom stereocenters. The highest BCUT2D eigenvalue weighted by Crippen LogP contribution is 2.19. The molecular formula is C13H18N2O3S. The molecule has 1 amide bonds. The SMILES string of the molecule is CCN(C(=O)CSCC(=O)O)C(C)c1cccnc1. The zero-order valence-corrected chi connectivity index (χ0v) is 11.9. The van der Waals surface area contributed by atoms with E-state index in [0.29, 0.717) is 6.54 Å². The fraction of sp³-hybridized carbons (Fsp3) is 0.462. The molecule has 0 bridgehead atoms. The summed E-state index contributed by atoms with van der Waals surface area (Å²) in [4.78, 5) is 28.3. The maximum atomic E-state index is 12.1. The third-order valence-corrected chi connectivity index (χ3v) is 3.65. The van der Waals surface area contributed by atoms with Crippen LogP contribution in [0.25, 0.3) is 0 Å². The number of thioether (sulfide) groups is 1. The maximum Gasteiger partial charge on any atom is 0.313 e. The van der Waals surface area contributed by atoms with E-state index < -0.39 is 5.97 Å². The summed E-state index contributed by atoms with van der Waals surface area (Å²) >= 11 is 1.12. The molecule has 1 aromatic rings. The molecule has 0 fully saturated rings. The Morgan fingerprint density at radius 1 is 1.47 bits per heavy atom. The number of hydrogen-bond acceptors (Lipinski definition) is 4. The van der Waals surface area contributed by atoms with Gasteiger partial charge in [-0.2, -0.15) is 0 Å². The Hall–Kier alpha value is -1.56. The summed E-state index contributed by atoms with van der Waals surface area (Å²) in [5.74, 6) is -0.818. The molecule has 0 aliphatic heterocycles. The normalized spacial score (nSPS) is 11.9. The molecule has 19 heavy (non-hydrogen) atoms. The van der Waals surface area contributed by atoms with Gasteiger partial charge in [0.25, 0.3) is 0 Å². The molecule has 0 radical (unpaired) electrons. The van der Waals surface area contributed by atoms with Crippen molar-refractivity contribution in [2.45, 2.75) is 19.9 Å². The Bertz CT molecular complexity index is 425. The molecule has 1 aromatic heterocycles. The van der Waals surface area contributed by atoms with Crippen molar-refractivity contribution < 1.29 is 14.7 Å². The van der Waals surface area contributed by atoms with Crippen molar-refractivity contribution in [2.24, 2.45) is 0 Å². The molecule has 1 unspecified atom stereocenters. The molecule has 0 spiro atoms. The number of carbonyl (C=O) groups is 2. The van der Waals surface area contributed by atoms with Crippen molar-refractivity contribution in [3.05, 3.63) is 30.1 Å². The average Bonchev–Trinajstić information content (AvgIpc) is 2.40. The summed E-state index contributed by atoms with van der Waals surface area (Å²) < 4.78 is 0. The van der Waals surface area contributed by atoms with Crippen LogP contribution in [-0.2, 0) is 9.59 Å². The minimum Gasteiger partial charge on any atom is -0.481 e. The van der Waals surface area contributed by atoms with Crippen molar-refractivity contribution in [1.29, 1.82) is 0 Å². The highest BCUT2D eigenvalue weighted by molar-refractivity contribution is 8.00. The molecule has 0 saturated carbocycles. The fourth-order valence-electron chi connectivity index (χ4n) is 1.78. The minimum atomic E-state index is -0.902. The van der Waals surface area contributed by atoms with Crippen LogP contribution >= 0.6 is 11.8 Å². The van der Waals surface area contributed by atoms with Crippen LogP contribution in [0, 0.1) is 0 Å². The van der Waals surface area contributed by atoms with E-state index in [4.69, 9.17) is 5.11 Å². The third-order valence-electron chi connectivity index (χ3n) is 2.75. The first kappa shape index (κ1) is 15.5. The first-order chi connectivity index (χ1) is 9.06. The van der Waals surface area contributed by atoms with Crippen molar-refractivity contribution in [2.75, 3.05) is 18.1 Å². The van der Waals surface area contributed by atoms with Gasteiger partial charge in [-0.3, -0.25) is 14.6 Å². The molecule has 6 heteroatoms. The number of carboxylic acid groups (broad SMARTS) is 1. The molecule has 0 saturated heterocycles. The van der Waals surface area contributed by atoms with Gasteiger partial charge in [-0.05, 0) is 25.5 Å². The van der Waals surface area contributed by atoms with E-state index in [9.17, 15) is 9.59 Å². The van der Waals surface area contributed by atoms with Gasteiger partial charge in [0.05, 0.1) is 17.5 Å². The van der Waals surface area contributed by atoms with Crippen molar-refractivity contribution in [1.82, 2.24) is 9.88 Å². The van der Waals surface area contributed by atoms with E-state index >= 15 is 0 Å². The predicted molar refractivity (Wildman–Crippen MR) is 75.0 cm³/mol. The summed E-state index contributed by atoms with van der Waals surface area (Å²) in [7, 11) is 0. The Morgan fingerprint density at radius 2 is 2.21 bits per heavy atom. The summed E-state index contributed by atoms with van der Waals surface area (Å²) in [6, 6.07) is 3.71. The number of carboxylic acids is 1. The molecule has 5 nitrogen and oxygen atoms in total. The van der Waals surface area contributed by atoms with Crippen LogP contribution in [0.2, 0.25) is 0 Å². The van der Waals surface area contributed by atoms with Crippen LogP contribution in [-0.4, -0.2) is 44.9 Å². The van der Waals surface area contributed by atoms with Gasteiger partial charge in [0.1, 0.15) is 0 Å². The second-order valence-electron chi connectivity index (χ2n) is 4.03. The molecule has 1 heterocycles. The molecule has 1 N–H and O–H groups in total. The van der Waals surface area contributed by atoms with Gasteiger partial charge < -0.3 is 10.0 Å². The van der Waals surface area contributed by atoms with Gasteiger partial charge in [0.2, 0.25) is 5.91 Å². The lowest BCUT2D eigenvalue weighted by molar-refractivity contribution is -0.133. The number of rotatable bonds is 7. The largest absolute Gasteiger partial charge is 0.481 e. The number of nitrogens with zero attached hydrogens (tertiary/aromatic N) is 2.